The van der Waals surface area contributed by atoms with Gasteiger partial charge in [-0.25, -0.2) is 0 Å². The maximum atomic E-state index is 5.23. The van der Waals surface area contributed by atoms with E-state index < -0.39 is 0 Å². The molecule has 1 aromatic heterocycles. The summed E-state index contributed by atoms with van der Waals surface area (Å²) in [5.74, 6) is 0.918. The molecule has 2 heteroatoms. The fourth-order valence-corrected chi connectivity index (χ4v) is 1.81. The second kappa shape index (κ2) is 3.65. The van der Waals surface area contributed by atoms with Crippen LogP contribution in [-0.2, 0) is 0 Å². The van der Waals surface area contributed by atoms with Crippen LogP contribution in [0.1, 0.15) is 32.1 Å². The Hall–Kier alpha value is -0.920. The van der Waals surface area contributed by atoms with Gasteiger partial charge in [0.15, 0.2) is 5.88 Å². The molecule has 0 saturated heterocycles. The lowest BCUT2D eigenvalue weighted by molar-refractivity contribution is 0.450. The van der Waals surface area contributed by atoms with Crippen molar-refractivity contribution < 1.29 is 4.42 Å². The van der Waals surface area contributed by atoms with Crippen LogP contribution in [0.4, 0.5) is 5.88 Å². The first kappa shape index (κ1) is 7.71. The van der Waals surface area contributed by atoms with Crippen molar-refractivity contribution in [3.63, 3.8) is 0 Å². The molecule has 1 saturated carbocycles. The third-order valence-electron chi connectivity index (χ3n) is 2.47. The van der Waals surface area contributed by atoms with Gasteiger partial charge in [-0.15, -0.1) is 0 Å². The number of furan rings is 1. The minimum atomic E-state index is 0.643. The van der Waals surface area contributed by atoms with E-state index in [9.17, 15) is 0 Å². The molecule has 2 rings (SSSR count). The lowest BCUT2D eigenvalue weighted by atomic mass is 9.96. The lowest BCUT2D eigenvalue weighted by Crippen LogP contribution is -2.21. The van der Waals surface area contributed by atoms with Crippen LogP contribution < -0.4 is 5.32 Å². The fraction of sp³-hybridized carbons (Fsp3) is 0.600. The highest BCUT2D eigenvalue weighted by atomic mass is 16.3. The number of hydrogen-bond acceptors (Lipinski definition) is 2. The van der Waals surface area contributed by atoms with Gasteiger partial charge in [-0.1, -0.05) is 19.3 Å². The van der Waals surface area contributed by atoms with Crippen LogP contribution in [0, 0.1) is 0 Å². The second-order valence-corrected chi connectivity index (χ2v) is 3.46. The zero-order valence-corrected chi connectivity index (χ0v) is 7.25. The summed E-state index contributed by atoms with van der Waals surface area (Å²) in [6, 6.07) is 4.55. The molecule has 0 radical (unpaired) electrons. The van der Waals surface area contributed by atoms with E-state index >= 15 is 0 Å². The molecule has 2 nitrogen and oxygen atoms in total. The Morgan fingerprint density at radius 1 is 1.25 bits per heavy atom. The van der Waals surface area contributed by atoms with Gasteiger partial charge in [0.25, 0.3) is 0 Å². The molecule has 0 bridgehead atoms. The molecule has 1 aliphatic carbocycles. The molecule has 1 fully saturated rings. The van der Waals surface area contributed by atoms with Crippen molar-refractivity contribution in [2.75, 3.05) is 5.32 Å². The normalized spacial score (nSPS) is 19.3. The van der Waals surface area contributed by atoms with Gasteiger partial charge >= 0.3 is 0 Å². The molecular formula is C10H15NO. The average Bonchev–Trinajstić information content (AvgIpc) is 2.59. The molecule has 0 unspecified atom stereocenters. The van der Waals surface area contributed by atoms with E-state index in [1.165, 1.54) is 32.1 Å². The fourth-order valence-electron chi connectivity index (χ4n) is 1.81. The molecule has 12 heavy (non-hydrogen) atoms. The van der Waals surface area contributed by atoms with E-state index in [0.29, 0.717) is 6.04 Å². The Morgan fingerprint density at radius 2 is 2.08 bits per heavy atom. The molecule has 0 atom stereocenters. The van der Waals surface area contributed by atoms with Crippen LogP contribution in [0.3, 0.4) is 0 Å². The third kappa shape index (κ3) is 1.81. The summed E-state index contributed by atoms with van der Waals surface area (Å²) in [6.07, 6.45) is 8.42. The smallest absolute Gasteiger partial charge is 0.192 e. The lowest BCUT2D eigenvalue weighted by Gasteiger charge is -2.22. The van der Waals surface area contributed by atoms with Crippen molar-refractivity contribution in [1.29, 1.82) is 0 Å². The molecule has 0 amide bonds. The molecule has 0 aliphatic heterocycles. The third-order valence-corrected chi connectivity index (χ3v) is 2.47. The van der Waals surface area contributed by atoms with Crippen molar-refractivity contribution in [2.45, 2.75) is 38.1 Å². The van der Waals surface area contributed by atoms with Gasteiger partial charge in [-0.05, 0) is 18.9 Å². The van der Waals surface area contributed by atoms with Crippen molar-refractivity contribution >= 4 is 5.88 Å². The summed E-state index contributed by atoms with van der Waals surface area (Å²) < 4.78 is 5.23. The Kier molecular flexibility index (Phi) is 2.35. The van der Waals surface area contributed by atoms with Crippen LogP contribution in [0.15, 0.2) is 22.8 Å². The summed E-state index contributed by atoms with van der Waals surface area (Å²) in [4.78, 5) is 0. The highest BCUT2D eigenvalue weighted by Crippen LogP contribution is 2.21. The summed E-state index contributed by atoms with van der Waals surface area (Å²) >= 11 is 0. The van der Waals surface area contributed by atoms with E-state index in [-0.39, 0.29) is 0 Å². The van der Waals surface area contributed by atoms with Crippen molar-refractivity contribution in [1.82, 2.24) is 0 Å². The first-order valence-electron chi connectivity index (χ1n) is 4.75. The maximum absolute atomic E-state index is 5.23. The number of nitrogens with one attached hydrogen (secondary N) is 1. The molecule has 66 valence electrons. The van der Waals surface area contributed by atoms with E-state index in [0.717, 1.165) is 5.88 Å². The topological polar surface area (TPSA) is 25.2 Å². The van der Waals surface area contributed by atoms with E-state index in [4.69, 9.17) is 4.42 Å². The first-order chi connectivity index (χ1) is 5.95. The van der Waals surface area contributed by atoms with Crippen molar-refractivity contribution in [3.8, 4) is 0 Å². The number of anilines is 1. The van der Waals surface area contributed by atoms with E-state index in [1.54, 1.807) is 6.26 Å². The van der Waals surface area contributed by atoms with Gasteiger partial charge < -0.3 is 9.73 Å². The second-order valence-electron chi connectivity index (χ2n) is 3.46. The van der Waals surface area contributed by atoms with Gasteiger partial charge in [0, 0.05) is 12.1 Å². The van der Waals surface area contributed by atoms with Crippen LogP contribution in [0.25, 0.3) is 0 Å². The standard InChI is InChI=1S/C10H15NO/c1-2-5-9(6-3-1)11-10-7-4-8-12-10/h4,7-9,11H,1-3,5-6H2. The predicted molar refractivity (Wildman–Crippen MR) is 49.2 cm³/mol. The van der Waals surface area contributed by atoms with Crippen molar-refractivity contribution in [2.24, 2.45) is 0 Å². The van der Waals surface area contributed by atoms with Gasteiger partial charge in [-0.3, -0.25) is 0 Å². The predicted octanol–water partition coefficient (Wildman–Crippen LogP) is 3.02. The largest absolute Gasteiger partial charge is 0.449 e. The summed E-state index contributed by atoms with van der Waals surface area (Å²) in [5.41, 5.74) is 0. The zero-order chi connectivity index (χ0) is 8.23. The molecule has 1 N–H and O–H groups in total. The Balaban J connectivity index is 1.86. The molecule has 0 spiro atoms. The van der Waals surface area contributed by atoms with Gasteiger partial charge in [0.1, 0.15) is 0 Å². The van der Waals surface area contributed by atoms with Crippen LogP contribution >= 0.6 is 0 Å². The minimum absolute atomic E-state index is 0.643. The van der Waals surface area contributed by atoms with E-state index in [2.05, 4.69) is 5.32 Å². The number of rotatable bonds is 2. The quantitative estimate of drug-likeness (QED) is 0.728. The summed E-state index contributed by atoms with van der Waals surface area (Å²) in [7, 11) is 0. The SMILES string of the molecule is c1coc(NC2CCCCC2)c1. The molecule has 1 aliphatic rings. The molecule has 1 aromatic rings. The van der Waals surface area contributed by atoms with Crippen LogP contribution in [0.2, 0.25) is 0 Å². The Bertz CT molecular complexity index is 212. The van der Waals surface area contributed by atoms with E-state index in [1.807, 2.05) is 12.1 Å². The van der Waals surface area contributed by atoms with Crippen molar-refractivity contribution in [3.05, 3.63) is 18.4 Å². The Labute approximate surface area is 73.0 Å². The zero-order valence-electron chi connectivity index (χ0n) is 7.25. The summed E-state index contributed by atoms with van der Waals surface area (Å²) in [6.45, 7) is 0. The summed E-state index contributed by atoms with van der Waals surface area (Å²) in [5, 5.41) is 3.39. The maximum Gasteiger partial charge on any atom is 0.192 e. The number of hydrogen-bond donors (Lipinski definition) is 1. The first-order valence-corrected chi connectivity index (χ1v) is 4.75. The van der Waals surface area contributed by atoms with Gasteiger partial charge in [-0.2, -0.15) is 0 Å². The molecule has 1 heterocycles. The molecular weight excluding hydrogens is 150 g/mol. The minimum Gasteiger partial charge on any atom is -0.449 e. The molecule has 0 aromatic carbocycles. The monoisotopic (exact) mass is 165 g/mol. The highest BCUT2D eigenvalue weighted by Gasteiger charge is 2.13. The highest BCUT2D eigenvalue weighted by molar-refractivity contribution is 5.31. The Morgan fingerprint density at radius 3 is 2.75 bits per heavy atom. The van der Waals surface area contributed by atoms with Crippen LogP contribution in [0.5, 0.6) is 0 Å². The van der Waals surface area contributed by atoms with Gasteiger partial charge in [0.2, 0.25) is 0 Å². The average molecular weight is 165 g/mol. The van der Waals surface area contributed by atoms with Gasteiger partial charge in [0.05, 0.1) is 6.26 Å². The van der Waals surface area contributed by atoms with Crippen LogP contribution in [-0.4, -0.2) is 6.04 Å².